The number of sulfonamides is 1. The number of allylic oxidation sites excluding steroid dienone is 1. The van der Waals surface area contributed by atoms with Crippen molar-refractivity contribution in [2.45, 2.75) is 56.5 Å². The van der Waals surface area contributed by atoms with Crippen molar-refractivity contribution >= 4 is 33.2 Å². The van der Waals surface area contributed by atoms with E-state index in [-0.39, 0.29) is 35.0 Å². The summed E-state index contributed by atoms with van der Waals surface area (Å²) in [6.07, 6.45) is 8.56. The van der Waals surface area contributed by atoms with Crippen LogP contribution in [0.2, 0.25) is 5.02 Å². The molecule has 1 unspecified atom stereocenters. The van der Waals surface area contributed by atoms with E-state index in [1.165, 1.54) is 17.2 Å². The summed E-state index contributed by atoms with van der Waals surface area (Å²) in [7, 11) is -3.79. The number of ether oxygens (including phenoxy) is 1. The van der Waals surface area contributed by atoms with Crippen molar-refractivity contribution in [2.75, 3.05) is 30.3 Å². The third-order valence-corrected chi connectivity index (χ3v) is 10.5. The molecule has 2 N–H and O–H groups in total. The lowest BCUT2D eigenvalue weighted by Crippen LogP contribution is -2.49. The van der Waals surface area contributed by atoms with Crippen molar-refractivity contribution in [1.29, 1.82) is 0 Å². The van der Waals surface area contributed by atoms with E-state index in [4.69, 9.17) is 16.3 Å². The van der Waals surface area contributed by atoms with Gasteiger partial charge < -0.3 is 14.7 Å². The van der Waals surface area contributed by atoms with Crippen LogP contribution in [0.25, 0.3) is 0 Å². The molecule has 1 spiro atoms. The molecular formula is C32H39ClN2O5S. The van der Waals surface area contributed by atoms with E-state index in [0.717, 1.165) is 42.8 Å². The first-order valence-electron chi connectivity index (χ1n) is 14.4. The van der Waals surface area contributed by atoms with Gasteiger partial charge in [0.1, 0.15) is 5.75 Å². The number of nitrogens with one attached hydrogen (secondary N) is 1. The number of nitrogens with zero attached hydrogens (tertiary/aromatic N) is 1. The molecule has 0 radical (unpaired) electrons. The lowest BCUT2D eigenvalue weighted by atomic mass is 9.68. The summed E-state index contributed by atoms with van der Waals surface area (Å²) in [6.45, 7) is 9.22. The first kappa shape index (κ1) is 29.7. The second-order valence-corrected chi connectivity index (χ2v) is 14.0. The van der Waals surface area contributed by atoms with Crippen LogP contribution in [0.1, 0.15) is 60.0 Å². The molecule has 41 heavy (non-hydrogen) atoms. The zero-order valence-corrected chi connectivity index (χ0v) is 24.9. The van der Waals surface area contributed by atoms with Crippen LogP contribution in [0.15, 0.2) is 61.7 Å². The number of aryl methyl sites for hydroxylation is 1. The molecule has 7 nitrogen and oxygen atoms in total. The number of amides is 1. The highest BCUT2D eigenvalue weighted by Crippen LogP contribution is 2.46. The molecule has 220 valence electrons. The number of carbonyl (C=O) groups is 1. The number of aliphatic hydroxyl groups excluding tert-OH is 1. The predicted molar refractivity (Wildman–Crippen MR) is 163 cm³/mol. The minimum atomic E-state index is -3.79. The predicted octanol–water partition coefficient (Wildman–Crippen LogP) is 5.41. The molecule has 0 aromatic heterocycles. The van der Waals surface area contributed by atoms with Gasteiger partial charge in [0.15, 0.2) is 0 Å². The summed E-state index contributed by atoms with van der Waals surface area (Å²) in [6, 6.07) is 11.3. The number of hydrogen-bond acceptors (Lipinski definition) is 6. The number of benzene rings is 2. The van der Waals surface area contributed by atoms with Gasteiger partial charge in [0.2, 0.25) is 10.0 Å². The van der Waals surface area contributed by atoms with Gasteiger partial charge in [0, 0.05) is 29.1 Å². The van der Waals surface area contributed by atoms with E-state index in [9.17, 15) is 18.3 Å². The monoisotopic (exact) mass is 598 g/mol. The standard InChI is InChI=1S/C32H39ClN2O5S/c1-3-5-16-41(38,39)34-31(37)23-10-14-30-28(18-23)35(19-24-9-12-26(24)29(36)7-4-2)20-32(21-40-30)15-6-8-22-17-25(33)11-13-27(22)32/h3-4,10-11,13-14,17-18,24,26,29,36H,1-2,5-9,12,15-16,19-21H2,(H,34,37)/t24-,26+,29?,32-/m0/s1. The van der Waals surface area contributed by atoms with Crippen molar-refractivity contribution in [3.05, 3.63) is 83.4 Å². The van der Waals surface area contributed by atoms with Crippen LogP contribution in [-0.2, 0) is 21.9 Å². The van der Waals surface area contributed by atoms with Gasteiger partial charge in [-0.25, -0.2) is 13.1 Å². The molecule has 1 heterocycles. The van der Waals surface area contributed by atoms with Crippen molar-refractivity contribution in [3.63, 3.8) is 0 Å². The van der Waals surface area contributed by atoms with Gasteiger partial charge in [0.05, 0.1) is 24.2 Å². The molecule has 3 aliphatic rings. The van der Waals surface area contributed by atoms with Gasteiger partial charge in [-0.15, -0.1) is 13.2 Å². The summed E-state index contributed by atoms with van der Waals surface area (Å²) in [5, 5.41) is 11.5. The lowest BCUT2D eigenvalue weighted by Gasteiger charge is -2.45. The summed E-state index contributed by atoms with van der Waals surface area (Å²) in [5.41, 5.74) is 3.23. The van der Waals surface area contributed by atoms with Crippen LogP contribution < -0.4 is 14.4 Å². The van der Waals surface area contributed by atoms with Crippen molar-refractivity contribution in [1.82, 2.24) is 4.72 Å². The fourth-order valence-electron chi connectivity index (χ4n) is 6.70. The average molecular weight is 599 g/mol. The van der Waals surface area contributed by atoms with Gasteiger partial charge in [0.25, 0.3) is 5.91 Å². The number of halogens is 1. The Balaban J connectivity index is 1.49. The minimum absolute atomic E-state index is 0.176. The second kappa shape index (κ2) is 12.2. The van der Waals surface area contributed by atoms with E-state index in [1.807, 2.05) is 6.07 Å². The Labute approximate surface area is 248 Å². The first-order valence-corrected chi connectivity index (χ1v) is 16.4. The third-order valence-electron chi connectivity index (χ3n) is 8.97. The summed E-state index contributed by atoms with van der Waals surface area (Å²) < 4.78 is 33.5. The van der Waals surface area contributed by atoms with Crippen LogP contribution >= 0.6 is 11.6 Å². The Morgan fingerprint density at radius 1 is 1.22 bits per heavy atom. The molecule has 2 aliphatic carbocycles. The normalized spacial score (nSPS) is 24.2. The van der Waals surface area contributed by atoms with Gasteiger partial charge in [-0.3, -0.25) is 4.79 Å². The summed E-state index contributed by atoms with van der Waals surface area (Å²) >= 11 is 6.37. The Hall–Kier alpha value is -2.81. The molecule has 1 aliphatic heterocycles. The lowest BCUT2D eigenvalue weighted by molar-refractivity contribution is 0.0178. The average Bonchev–Trinajstić information content (AvgIpc) is 3.06. The molecular weight excluding hydrogens is 560 g/mol. The molecule has 4 atom stereocenters. The zero-order valence-electron chi connectivity index (χ0n) is 23.4. The quantitative estimate of drug-likeness (QED) is 0.355. The highest BCUT2D eigenvalue weighted by Gasteiger charge is 2.44. The number of hydrogen-bond donors (Lipinski definition) is 2. The fourth-order valence-corrected chi connectivity index (χ4v) is 7.88. The molecule has 0 bridgehead atoms. The smallest absolute Gasteiger partial charge is 0.264 e. The Kier molecular flexibility index (Phi) is 8.83. The van der Waals surface area contributed by atoms with E-state index in [2.05, 4.69) is 34.9 Å². The van der Waals surface area contributed by atoms with Crippen LogP contribution in [0, 0.1) is 11.8 Å². The largest absolute Gasteiger partial charge is 0.490 e. The van der Waals surface area contributed by atoms with Crippen molar-refractivity contribution in [3.8, 4) is 5.75 Å². The molecule has 9 heteroatoms. The van der Waals surface area contributed by atoms with E-state index < -0.39 is 22.0 Å². The van der Waals surface area contributed by atoms with Gasteiger partial charge in [-0.2, -0.15) is 0 Å². The van der Waals surface area contributed by atoms with Crippen LogP contribution in [0.4, 0.5) is 5.69 Å². The second-order valence-electron chi connectivity index (χ2n) is 11.7. The molecule has 2 aromatic carbocycles. The van der Waals surface area contributed by atoms with Crippen LogP contribution in [0.3, 0.4) is 0 Å². The summed E-state index contributed by atoms with van der Waals surface area (Å²) in [4.78, 5) is 15.4. The van der Waals surface area contributed by atoms with Crippen molar-refractivity contribution in [2.24, 2.45) is 11.8 Å². The maximum absolute atomic E-state index is 13.1. The molecule has 1 fully saturated rings. The minimum Gasteiger partial charge on any atom is -0.490 e. The van der Waals surface area contributed by atoms with Gasteiger partial charge in [-0.1, -0.05) is 29.8 Å². The Bertz CT molecular complexity index is 1430. The van der Waals surface area contributed by atoms with E-state index in [1.54, 1.807) is 24.3 Å². The van der Waals surface area contributed by atoms with Crippen LogP contribution in [-0.4, -0.2) is 51.0 Å². The first-order chi connectivity index (χ1) is 19.6. The molecule has 0 saturated heterocycles. The van der Waals surface area contributed by atoms with E-state index >= 15 is 0 Å². The van der Waals surface area contributed by atoms with Crippen molar-refractivity contribution < 1.29 is 23.1 Å². The molecule has 1 saturated carbocycles. The third kappa shape index (κ3) is 6.35. The molecule has 1 amide bonds. The Morgan fingerprint density at radius 3 is 2.78 bits per heavy atom. The number of aliphatic hydroxyl groups is 1. The molecule has 2 aromatic rings. The summed E-state index contributed by atoms with van der Waals surface area (Å²) in [5.74, 6) is 0.242. The van der Waals surface area contributed by atoms with Gasteiger partial charge >= 0.3 is 0 Å². The number of rotatable bonds is 10. The van der Waals surface area contributed by atoms with E-state index in [0.29, 0.717) is 31.9 Å². The topological polar surface area (TPSA) is 95.9 Å². The van der Waals surface area contributed by atoms with Crippen LogP contribution in [0.5, 0.6) is 5.75 Å². The Morgan fingerprint density at radius 2 is 2.05 bits per heavy atom. The zero-order chi connectivity index (χ0) is 29.2. The fraction of sp³-hybridized carbons (Fsp3) is 0.469. The van der Waals surface area contributed by atoms with Gasteiger partial charge in [-0.05, 0) is 98.2 Å². The number of fused-ring (bicyclic) bond motifs is 3. The highest BCUT2D eigenvalue weighted by atomic mass is 35.5. The highest BCUT2D eigenvalue weighted by molar-refractivity contribution is 7.90. The SMILES string of the molecule is C=CCCS(=O)(=O)NC(=O)c1ccc2c(c1)N(C[C@@H]1CC[C@H]1C(O)CC=C)C[C@@]1(CCCc3cc(Cl)ccc31)CO2. The maximum atomic E-state index is 13.1. The maximum Gasteiger partial charge on any atom is 0.264 e. The molecule has 5 rings (SSSR count). The number of anilines is 1. The number of carbonyl (C=O) groups excluding carboxylic acids is 1.